The lowest BCUT2D eigenvalue weighted by Gasteiger charge is -2.31. The van der Waals surface area contributed by atoms with Gasteiger partial charge in [0, 0.05) is 18.6 Å². The van der Waals surface area contributed by atoms with Gasteiger partial charge in [-0.15, -0.1) is 0 Å². The van der Waals surface area contributed by atoms with Crippen LogP contribution in [0.25, 0.3) is 0 Å². The molecule has 2 aliphatic heterocycles. The maximum absolute atomic E-state index is 5.93. The van der Waals surface area contributed by atoms with Crippen LogP contribution in [0, 0.1) is 0 Å². The fourth-order valence-corrected chi connectivity index (χ4v) is 3.06. The van der Waals surface area contributed by atoms with Crippen molar-refractivity contribution in [3.63, 3.8) is 0 Å². The van der Waals surface area contributed by atoms with Crippen LogP contribution in [-0.2, 0) is 11.2 Å². The van der Waals surface area contributed by atoms with E-state index in [1.54, 1.807) is 0 Å². The molecule has 1 aromatic rings. The first-order chi connectivity index (χ1) is 8.90. The molecule has 2 unspecified atom stereocenters. The summed E-state index contributed by atoms with van der Waals surface area (Å²) in [6, 6.07) is 6.72. The standard InChI is InChI=1S/C15H21NO2/c1-16-14(13-7-2-3-9-17-13)12-6-4-5-11-8-10-18-15(11)12/h4-6,13-14,16H,2-3,7-10H2,1H3. The van der Waals surface area contributed by atoms with E-state index in [0.29, 0.717) is 0 Å². The molecule has 1 fully saturated rings. The number of hydrogen-bond donors (Lipinski definition) is 1. The molecule has 3 heteroatoms. The highest BCUT2D eigenvalue weighted by Crippen LogP contribution is 2.36. The van der Waals surface area contributed by atoms with Gasteiger partial charge in [-0.05, 0) is 31.9 Å². The van der Waals surface area contributed by atoms with Gasteiger partial charge < -0.3 is 14.8 Å². The molecule has 2 atom stereocenters. The number of nitrogens with one attached hydrogen (secondary N) is 1. The van der Waals surface area contributed by atoms with Crippen molar-refractivity contribution in [2.75, 3.05) is 20.3 Å². The summed E-state index contributed by atoms with van der Waals surface area (Å²) in [4.78, 5) is 0. The van der Waals surface area contributed by atoms with Gasteiger partial charge in [0.25, 0.3) is 0 Å². The topological polar surface area (TPSA) is 30.5 Å². The molecular formula is C15H21NO2. The smallest absolute Gasteiger partial charge is 0.127 e. The van der Waals surface area contributed by atoms with Crippen LogP contribution in [0.15, 0.2) is 18.2 Å². The van der Waals surface area contributed by atoms with E-state index in [1.165, 1.54) is 24.0 Å². The lowest BCUT2D eigenvalue weighted by Crippen LogP contribution is -2.34. The summed E-state index contributed by atoms with van der Waals surface area (Å²) in [5, 5.41) is 3.41. The largest absolute Gasteiger partial charge is 0.493 e. The van der Waals surface area contributed by atoms with E-state index in [9.17, 15) is 0 Å². The molecule has 1 N–H and O–H groups in total. The zero-order valence-corrected chi connectivity index (χ0v) is 10.9. The second-order valence-corrected chi connectivity index (χ2v) is 5.11. The first-order valence-electron chi connectivity index (χ1n) is 6.93. The molecule has 0 aromatic heterocycles. The summed E-state index contributed by atoms with van der Waals surface area (Å²) < 4.78 is 11.7. The van der Waals surface area contributed by atoms with Crippen molar-refractivity contribution < 1.29 is 9.47 Å². The van der Waals surface area contributed by atoms with E-state index in [2.05, 4.69) is 23.5 Å². The van der Waals surface area contributed by atoms with Crippen LogP contribution in [0.2, 0.25) is 0 Å². The monoisotopic (exact) mass is 247 g/mol. The average Bonchev–Trinajstić information content (AvgIpc) is 2.90. The van der Waals surface area contributed by atoms with Gasteiger partial charge in [-0.3, -0.25) is 0 Å². The van der Waals surface area contributed by atoms with Crippen molar-refractivity contribution >= 4 is 0 Å². The number of likely N-dealkylation sites (N-methyl/N-ethyl adjacent to an activating group) is 1. The third-order valence-corrected chi connectivity index (χ3v) is 3.98. The lowest BCUT2D eigenvalue weighted by molar-refractivity contribution is -0.00705. The minimum Gasteiger partial charge on any atom is -0.493 e. The fourth-order valence-electron chi connectivity index (χ4n) is 3.06. The quantitative estimate of drug-likeness (QED) is 0.890. The van der Waals surface area contributed by atoms with Gasteiger partial charge in [-0.25, -0.2) is 0 Å². The first-order valence-corrected chi connectivity index (χ1v) is 6.93. The Kier molecular flexibility index (Phi) is 3.52. The summed E-state index contributed by atoms with van der Waals surface area (Å²) >= 11 is 0. The van der Waals surface area contributed by atoms with Crippen molar-refractivity contribution in [2.24, 2.45) is 0 Å². The van der Waals surface area contributed by atoms with Crippen LogP contribution in [0.4, 0.5) is 0 Å². The number of hydrogen-bond acceptors (Lipinski definition) is 3. The molecule has 1 aromatic carbocycles. The maximum atomic E-state index is 5.93. The van der Waals surface area contributed by atoms with Gasteiger partial charge in [0.15, 0.2) is 0 Å². The Morgan fingerprint density at radius 3 is 3.00 bits per heavy atom. The minimum absolute atomic E-state index is 0.248. The molecule has 0 saturated carbocycles. The predicted octanol–water partition coefficient (Wildman–Crippen LogP) is 2.45. The third kappa shape index (κ3) is 2.13. The number of fused-ring (bicyclic) bond motifs is 1. The molecule has 0 amide bonds. The van der Waals surface area contributed by atoms with E-state index in [4.69, 9.17) is 9.47 Å². The second-order valence-electron chi connectivity index (χ2n) is 5.11. The zero-order chi connectivity index (χ0) is 12.4. The highest BCUT2D eigenvalue weighted by molar-refractivity contribution is 5.46. The molecule has 98 valence electrons. The molecular weight excluding hydrogens is 226 g/mol. The first kappa shape index (κ1) is 12.0. The average molecular weight is 247 g/mol. The molecule has 0 aliphatic carbocycles. The molecule has 3 rings (SSSR count). The molecule has 0 spiro atoms. The van der Waals surface area contributed by atoms with Crippen molar-refractivity contribution in [2.45, 2.75) is 37.8 Å². The van der Waals surface area contributed by atoms with Crippen LogP contribution >= 0.6 is 0 Å². The predicted molar refractivity (Wildman–Crippen MR) is 71.0 cm³/mol. The van der Waals surface area contributed by atoms with Crippen molar-refractivity contribution in [1.29, 1.82) is 0 Å². The van der Waals surface area contributed by atoms with Crippen LogP contribution in [-0.4, -0.2) is 26.4 Å². The van der Waals surface area contributed by atoms with Crippen LogP contribution in [0.3, 0.4) is 0 Å². The van der Waals surface area contributed by atoms with Gasteiger partial charge in [0.05, 0.1) is 18.8 Å². The number of para-hydroxylation sites is 1. The molecule has 3 nitrogen and oxygen atoms in total. The fraction of sp³-hybridized carbons (Fsp3) is 0.600. The normalized spacial score (nSPS) is 24.4. The highest BCUT2D eigenvalue weighted by atomic mass is 16.5. The van der Waals surface area contributed by atoms with E-state index in [0.717, 1.165) is 31.8 Å². The second kappa shape index (κ2) is 5.29. The number of rotatable bonds is 3. The Labute approximate surface area is 108 Å². The molecule has 18 heavy (non-hydrogen) atoms. The Balaban J connectivity index is 1.89. The summed E-state index contributed by atoms with van der Waals surface area (Å²) in [6.07, 6.45) is 4.90. The summed E-state index contributed by atoms with van der Waals surface area (Å²) in [5.41, 5.74) is 2.60. The minimum atomic E-state index is 0.248. The Bertz CT molecular complexity index is 413. The van der Waals surface area contributed by atoms with Crippen molar-refractivity contribution in [3.8, 4) is 5.75 Å². The van der Waals surface area contributed by atoms with Gasteiger partial charge in [-0.1, -0.05) is 18.2 Å². The van der Waals surface area contributed by atoms with Gasteiger partial charge in [0.2, 0.25) is 0 Å². The lowest BCUT2D eigenvalue weighted by atomic mass is 9.94. The number of benzene rings is 1. The third-order valence-electron chi connectivity index (χ3n) is 3.98. The molecule has 0 radical (unpaired) electrons. The zero-order valence-electron chi connectivity index (χ0n) is 10.9. The summed E-state index contributed by atoms with van der Waals surface area (Å²) in [5.74, 6) is 1.09. The Morgan fingerprint density at radius 1 is 1.28 bits per heavy atom. The maximum Gasteiger partial charge on any atom is 0.127 e. The Morgan fingerprint density at radius 2 is 2.22 bits per heavy atom. The molecule has 2 aliphatic rings. The molecule has 0 bridgehead atoms. The number of ether oxygens (including phenoxy) is 2. The van der Waals surface area contributed by atoms with Crippen molar-refractivity contribution in [3.05, 3.63) is 29.3 Å². The van der Waals surface area contributed by atoms with Crippen LogP contribution in [0.5, 0.6) is 5.75 Å². The van der Waals surface area contributed by atoms with E-state index < -0.39 is 0 Å². The van der Waals surface area contributed by atoms with Crippen LogP contribution < -0.4 is 10.1 Å². The van der Waals surface area contributed by atoms with Crippen LogP contribution in [0.1, 0.15) is 36.4 Å². The SMILES string of the molecule is CNC(c1cccc2c1OCC2)C1CCCCO1. The molecule has 1 saturated heterocycles. The van der Waals surface area contributed by atoms with Crippen molar-refractivity contribution in [1.82, 2.24) is 5.32 Å². The van der Waals surface area contributed by atoms with Gasteiger partial charge >= 0.3 is 0 Å². The summed E-state index contributed by atoms with van der Waals surface area (Å²) in [7, 11) is 2.01. The molecule has 2 heterocycles. The van der Waals surface area contributed by atoms with E-state index >= 15 is 0 Å². The van der Waals surface area contributed by atoms with E-state index in [-0.39, 0.29) is 12.1 Å². The highest BCUT2D eigenvalue weighted by Gasteiger charge is 2.29. The van der Waals surface area contributed by atoms with E-state index in [1.807, 2.05) is 7.05 Å². The Hall–Kier alpha value is -1.06. The van der Waals surface area contributed by atoms with Gasteiger partial charge in [-0.2, -0.15) is 0 Å². The van der Waals surface area contributed by atoms with Gasteiger partial charge in [0.1, 0.15) is 5.75 Å². The summed E-state index contributed by atoms with van der Waals surface area (Å²) in [6.45, 7) is 1.70.